The zero-order valence-corrected chi connectivity index (χ0v) is 30.9. The number of hydrogen-bond acceptors (Lipinski definition) is 1. The van der Waals surface area contributed by atoms with Gasteiger partial charge in [-0.2, -0.15) is 0 Å². The zero-order valence-electron chi connectivity index (χ0n) is 30.9. The average molecular weight is 721 g/mol. The standard InChI is InChI=1S/C56H32O/c1-2-10-40-32-52-49(28-39(40)9-1)51-31-42(33-16-18-35(19-17-33)43-26-24-38-22-21-36-11-7-12-37-25-27-47(43)55(38)53(36)37)30-50(56(51)57-52)48-29-41-23-20-34-8-3-4-13-44(34)54(41)46-15-6-5-14-45(46)48/h1-32H. The SMILES string of the molecule is c1ccc2cc3c(cc2c1)oc1c(-c2cc4ccc5ccccc5c4c4ccccc24)cc(-c2ccc(-c4ccc5ccc6cccc7ccc4c5c67)cc2)cc13. The summed E-state index contributed by atoms with van der Waals surface area (Å²) in [5.41, 5.74) is 8.90. The van der Waals surface area contributed by atoms with Crippen molar-refractivity contribution in [3.05, 3.63) is 194 Å². The van der Waals surface area contributed by atoms with Crippen molar-refractivity contribution in [1.82, 2.24) is 0 Å². The first kappa shape index (κ1) is 30.8. The molecule has 0 aliphatic heterocycles. The number of furan rings is 1. The van der Waals surface area contributed by atoms with Crippen LogP contribution in [0, 0.1) is 0 Å². The summed E-state index contributed by atoms with van der Waals surface area (Å²) in [6.07, 6.45) is 0. The fourth-order valence-electron chi connectivity index (χ4n) is 9.86. The van der Waals surface area contributed by atoms with Crippen LogP contribution in [0.1, 0.15) is 0 Å². The number of fused-ring (bicyclic) bond motifs is 9. The zero-order chi connectivity index (χ0) is 37.2. The smallest absolute Gasteiger partial charge is 0.143 e. The topological polar surface area (TPSA) is 13.1 Å². The third kappa shape index (κ3) is 4.46. The Morgan fingerprint density at radius 3 is 1.68 bits per heavy atom. The van der Waals surface area contributed by atoms with Gasteiger partial charge in [0.05, 0.1) is 0 Å². The lowest BCUT2D eigenvalue weighted by Crippen LogP contribution is -1.89. The van der Waals surface area contributed by atoms with Crippen molar-refractivity contribution < 1.29 is 4.42 Å². The van der Waals surface area contributed by atoms with Gasteiger partial charge in [0.15, 0.2) is 0 Å². The molecule has 262 valence electrons. The van der Waals surface area contributed by atoms with Crippen molar-refractivity contribution in [3.63, 3.8) is 0 Å². The number of hydrogen-bond donors (Lipinski definition) is 0. The van der Waals surface area contributed by atoms with E-state index in [9.17, 15) is 0 Å². The van der Waals surface area contributed by atoms with Crippen molar-refractivity contribution in [2.24, 2.45) is 0 Å². The molecule has 1 heterocycles. The molecule has 0 aliphatic rings. The van der Waals surface area contributed by atoms with Gasteiger partial charge in [-0.15, -0.1) is 0 Å². The third-order valence-corrected chi connectivity index (χ3v) is 12.5. The minimum atomic E-state index is 0.905. The van der Waals surface area contributed by atoms with Gasteiger partial charge in [-0.05, 0) is 134 Å². The third-order valence-electron chi connectivity index (χ3n) is 12.5. The largest absolute Gasteiger partial charge is 0.455 e. The van der Waals surface area contributed by atoms with Gasteiger partial charge in [0.25, 0.3) is 0 Å². The van der Waals surface area contributed by atoms with E-state index in [4.69, 9.17) is 4.42 Å². The van der Waals surface area contributed by atoms with Gasteiger partial charge in [-0.3, -0.25) is 0 Å². The lowest BCUT2D eigenvalue weighted by molar-refractivity contribution is 0.670. The van der Waals surface area contributed by atoms with Crippen molar-refractivity contribution in [2.75, 3.05) is 0 Å². The van der Waals surface area contributed by atoms with Crippen LogP contribution in [0.3, 0.4) is 0 Å². The molecule has 1 aromatic heterocycles. The molecule has 0 N–H and O–H groups in total. The molecule has 0 aliphatic carbocycles. The second kappa shape index (κ2) is 11.5. The lowest BCUT2D eigenvalue weighted by Gasteiger charge is -2.15. The van der Waals surface area contributed by atoms with Gasteiger partial charge in [0.1, 0.15) is 11.2 Å². The Hall–Kier alpha value is -7.48. The molecule has 0 saturated carbocycles. The molecule has 1 nitrogen and oxygen atoms in total. The van der Waals surface area contributed by atoms with E-state index < -0.39 is 0 Å². The summed E-state index contributed by atoms with van der Waals surface area (Å²) >= 11 is 0. The van der Waals surface area contributed by atoms with Gasteiger partial charge in [0.2, 0.25) is 0 Å². The maximum atomic E-state index is 6.93. The summed E-state index contributed by atoms with van der Waals surface area (Å²) in [5, 5.41) is 20.0. The van der Waals surface area contributed by atoms with Crippen LogP contribution in [0.25, 0.3) is 131 Å². The van der Waals surface area contributed by atoms with Gasteiger partial charge in [-0.25, -0.2) is 0 Å². The monoisotopic (exact) mass is 720 g/mol. The second-order valence-corrected chi connectivity index (χ2v) is 15.6. The predicted octanol–water partition coefficient (Wildman–Crippen LogP) is 16.1. The Kier molecular flexibility index (Phi) is 6.23. The summed E-state index contributed by atoms with van der Waals surface area (Å²) < 4.78 is 6.93. The van der Waals surface area contributed by atoms with Crippen molar-refractivity contribution in [3.8, 4) is 33.4 Å². The first-order valence-electron chi connectivity index (χ1n) is 19.7. The first-order valence-corrected chi connectivity index (χ1v) is 19.7. The second-order valence-electron chi connectivity index (χ2n) is 15.6. The minimum Gasteiger partial charge on any atom is -0.455 e. The summed E-state index contributed by atoms with van der Waals surface area (Å²) in [6.45, 7) is 0. The molecule has 12 aromatic carbocycles. The maximum Gasteiger partial charge on any atom is 0.143 e. The number of rotatable bonds is 3. The molecule has 0 atom stereocenters. The molecule has 57 heavy (non-hydrogen) atoms. The van der Waals surface area contributed by atoms with Crippen LogP contribution in [-0.4, -0.2) is 0 Å². The van der Waals surface area contributed by atoms with Crippen LogP contribution in [0.5, 0.6) is 0 Å². The van der Waals surface area contributed by atoms with E-state index in [1.807, 2.05) is 0 Å². The Labute approximate surface area is 328 Å². The Balaban J connectivity index is 1.05. The Morgan fingerprint density at radius 1 is 0.246 bits per heavy atom. The predicted molar refractivity (Wildman–Crippen MR) is 244 cm³/mol. The van der Waals surface area contributed by atoms with E-state index in [2.05, 4.69) is 194 Å². The van der Waals surface area contributed by atoms with Crippen molar-refractivity contribution in [2.45, 2.75) is 0 Å². The van der Waals surface area contributed by atoms with Crippen LogP contribution >= 0.6 is 0 Å². The van der Waals surface area contributed by atoms with E-state index in [-0.39, 0.29) is 0 Å². The molecule has 1 heteroatoms. The quantitative estimate of drug-likeness (QED) is 0.166. The Morgan fingerprint density at radius 2 is 0.860 bits per heavy atom. The average Bonchev–Trinajstić information content (AvgIpc) is 3.64. The molecule has 0 amide bonds. The fourth-order valence-corrected chi connectivity index (χ4v) is 9.86. The van der Waals surface area contributed by atoms with E-state index in [1.165, 1.54) is 97.7 Å². The van der Waals surface area contributed by atoms with Crippen LogP contribution in [-0.2, 0) is 0 Å². The summed E-state index contributed by atoms with van der Waals surface area (Å²) in [5.74, 6) is 0. The van der Waals surface area contributed by atoms with Crippen LogP contribution in [0.4, 0.5) is 0 Å². The minimum absolute atomic E-state index is 0.905. The van der Waals surface area contributed by atoms with Gasteiger partial charge >= 0.3 is 0 Å². The fraction of sp³-hybridized carbons (Fsp3) is 0. The maximum absolute atomic E-state index is 6.93. The van der Waals surface area contributed by atoms with E-state index >= 15 is 0 Å². The normalized spacial score (nSPS) is 12.2. The molecule has 0 spiro atoms. The molecule has 0 fully saturated rings. The first-order chi connectivity index (χ1) is 28.2. The van der Waals surface area contributed by atoms with Crippen LogP contribution < -0.4 is 0 Å². The highest BCUT2D eigenvalue weighted by Gasteiger charge is 2.20. The van der Waals surface area contributed by atoms with Gasteiger partial charge < -0.3 is 4.42 Å². The molecule has 13 rings (SSSR count). The summed E-state index contributed by atoms with van der Waals surface area (Å²) in [6, 6.07) is 71.7. The highest BCUT2D eigenvalue weighted by molar-refractivity contribution is 6.27. The molecule has 0 radical (unpaired) electrons. The van der Waals surface area contributed by atoms with Crippen molar-refractivity contribution >= 4 is 97.3 Å². The van der Waals surface area contributed by atoms with E-state index in [1.54, 1.807) is 0 Å². The molecule has 0 bridgehead atoms. The molecule has 13 aromatic rings. The van der Waals surface area contributed by atoms with E-state index in [0.29, 0.717) is 0 Å². The molecule has 0 unspecified atom stereocenters. The molecule has 0 saturated heterocycles. The highest BCUT2D eigenvalue weighted by Crippen LogP contribution is 2.46. The van der Waals surface area contributed by atoms with Crippen molar-refractivity contribution in [1.29, 1.82) is 0 Å². The van der Waals surface area contributed by atoms with Crippen LogP contribution in [0.15, 0.2) is 199 Å². The number of benzene rings is 12. The van der Waals surface area contributed by atoms with E-state index in [0.717, 1.165) is 33.1 Å². The summed E-state index contributed by atoms with van der Waals surface area (Å²) in [7, 11) is 0. The van der Waals surface area contributed by atoms with Crippen LogP contribution in [0.2, 0.25) is 0 Å². The molecular weight excluding hydrogens is 689 g/mol. The molecular formula is C56H32O. The Bertz CT molecular complexity index is 3770. The van der Waals surface area contributed by atoms with Gasteiger partial charge in [-0.1, -0.05) is 164 Å². The highest BCUT2D eigenvalue weighted by atomic mass is 16.3. The van der Waals surface area contributed by atoms with Gasteiger partial charge in [0, 0.05) is 16.3 Å². The summed E-state index contributed by atoms with van der Waals surface area (Å²) in [4.78, 5) is 0. The lowest BCUT2D eigenvalue weighted by atomic mass is 9.88.